The van der Waals surface area contributed by atoms with Crippen LogP contribution < -0.4 is 5.32 Å². The molecule has 2 aliphatic rings. The van der Waals surface area contributed by atoms with E-state index in [4.69, 9.17) is 4.98 Å². The Balaban J connectivity index is 1.27. The fourth-order valence-corrected chi connectivity index (χ4v) is 5.49. The molecule has 6 nitrogen and oxygen atoms in total. The molecule has 2 aliphatic heterocycles. The zero-order chi connectivity index (χ0) is 21.5. The van der Waals surface area contributed by atoms with Gasteiger partial charge in [-0.3, -0.25) is 14.5 Å². The molecule has 2 atom stereocenters. The number of amides is 2. The van der Waals surface area contributed by atoms with E-state index in [0.717, 1.165) is 23.6 Å². The lowest BCUT2D eigenvalue weighted by Crippen LogP contribution is -2.51. The van der Waals surface area contributed by atoms with Crippen molar-refractivity contribution in [3.05, 3.63) is 58.9 Å². The summed E-state index contributed by atoms with van der Waals surface area (Å²) in [6.45, 7) is 4.85. The molecule has 8 heteroatoms. The second kappa shape index (κ2) is 8.01. The van der Waals surface area contributed by atoms with Crippen LogP contribution in [0.15, 0.2) is 42.5 Å². The lowest BCUT2D eigenvalue weighted by molar-refractivity contribution is -0.136. The molecule has 2 aromatic carbocycles. The SMILES string of the molecule is C[C@H](c1nc2ccccc2s1)N1CCN(C(=O)[C@H]2CC(=O)Nc3cc(F)ccc32)CC1. The van der Waals surface area contributed by atoms with Crippen molar-refractivity contribution < 1.29 is 14.0 Å². The van der Waals surface area contributed by atoms with Crippen molar-refractivity contribution in [1.29, 1.82) is 0 Å². The maximum Gasteiger partial charge on any atom is 0.230 e. The summed E-state index contributed by atoms with van der Waals surface area (Å²) in [6, 6.07) is 12.6. The van der Waals surface area contributed by atoms with Crippen molar-refractivity contribution >= 4 is 39.1 Å². The molecule has 0 unspecified atom stereocenters. The van der Waals surface area contributed by atoms with Crippen LogP contribution in [-0.4, -0.2) is 52.8 Å². The Morgan fingerprint density at radius 3 is 2.74 bits per heavy atom. The normalized spacial score (nSPS) is 20.4. The second-order valence-corrected chi connectivity index (χ2v) is 9.16. The summed E-state index contributed by atoms with van der Waals surface area (Å²) in [4.78, 5) is 34.3. The molecular formula is C23H23FN4O2S. The first-order valence-electron chi connectivity index (χ1n) is 10.5. The lowest BCUT2D eigenvalue weighted by atomic mass is 9.89. The van der Waals surface area contributed by atoms with Gasteiger partial charge in [0.05, 0.1) is 22.2 Å². The van der Waals surface area contributed by atoms with Gasteiger partial charge in [0.25, 0.3) is 0 Å². The third-order valence-electron chi connectivity index (χ3n) is 6.19. The van der Waals surface area contributed by atoms with Gasteiger partial charge in [0.2, 0.25) is 11.8 Å². The summed E-state index contributed by atoms with van der Waals surface area (Å²) in [5, 5.41) is 3.76. The quantitative estimate of drug-likeness (QED) is 0.676. The maximum atomic E-state index is 13.6. The van der Waals surface area contributed by atoms with Crippen molar-refractivity contribution in [2.45, 2.75) is 25.3 Å². The number of halogens is 1. The van der Waals surface area contributed by atoms with Gasteiger partial charge in [-0.1, -0.05) is 18.2 Å². The van der Waals surface area contributed by atoms with Gasteiger partial charge in [-0.2, -0.15) is 0 Å². The minimum Gasteiger partial charge on any atom is -0.340 e. The minimum absolute atomic E-state index is 0.0602. The predicted octanol–water partition coefficient (Wildman–Crippen LogP) is 3.77. The average molecular weight is 439 g/mol. The fourth-order valence-electron chi connectivity index (χ4n) is 4.43. The average Bonchev–Trinajstić information content (AvgIpc) is 3.21. The van der Waals surface area contributed by atoms with Crippen molar-refractivity contribution in [3.63, 3.8) is 0 Å². The Hall–Kier alpha value is -2.84. The summed E-state index contributed by atoms with van der Waals surface area (Å²) in [5.74, 6) is -1.29. The van der Waals surface area contributed by atoms with E-state index in [1.165, 1.54) is 16.8 Å². The minimum atomic E-state index is -0.558. The third-order valence-corrected chi connectivity index (χ3v) is 7.40. The van der Waals surface area contributed by atoms with Crippen LogP contribution in [-0.2, 0) is 9.59 Å². The second-order valence-electron chi connectivity index (χ2n) is 8.09. The lowest BCUT2D eigenvalue weighted by Gasteiger charge is -2.39. The molecule has 2 amide bonds. The Morgan fingerprint density at radius 2 is 1.97 bits per heavy atom. The van der Waals surface area contributed by atoms with Gasteiger partial charge >= 0.3 is 0 Å². The number of carbonyl (C=O) groups excluding carboxylic acids is 2. The Kier molecular flexibility index (Phi) is 5.19. The number of nitrogens with zero attached hydrogens (tertiary/aromatic N) is 3. The molecule has 3 aromatic rings. The van der Waals surface area contributed by atoms with Crippen LogP contribution in [0.5, 0.6) is 0 Å². The summed E-state index contributed by atoms with van der Waals surface area (Å²) in [7, 11) is 0. The highest BCUT2D eigenvalue weighted by molar-refractivity contribution is 7.18. The van der Waals surface area contributed by atoms with Crippen LogP contribution in [0.3, 0.4) is 0 Å². The maximum absolute atomic E-state index is 13.6. The number of fused-ring (bicyclic) bond motifs is 2. The number of piperazine rings is 1. The van der Waals surface area contributed by atoms with Crippen molar-refractivity contribution in [2.24, 2.45) is 0 Å². The largest absolute Gasteiger partial charge is 0.340 e. The number of thiazole rings is 1. The number of anilines is 1. The van der Waals surface area contributed by atoms with Crippen molar-refractivity contribution in [3.8, 4) is 0 Å². The van der Waals surface area contributed by atoms with Crippen LogP contribution in [0.4, 0.5) is 10.1 Å². The number of benzene rings is 2. The van der Waals surface area contributed by atoms with E-state index in [-0.39, 0.29) is 24.3 Å². The first-order chi connectivity index (χ1) is 15.0. The predicted molar refractivity (Wildman–Crippen MR) is 119 cm³/mol. The van der Waals surface area contributed by atoms with Crippen molar-refractivity contribution in [1.82, 2.24) is 14.8 Å². The topological polar surface area (TPSA) is 65.5 Å². The van der Waals surface area contributed by atoms with Gasteiger partial charge in [-0.25, -0.2) is 9.37 Å². The van der Waals surface area contributed by atoms with E-state index in [9.17, 15) is 14.0 Å². The highest BCUT2D eigenvalue weighted by Gasteiger charge is 2.35. The molecule has 3 heterocycles. The van der Waals surface area contributed by atoms with E-state index < -0.39 is 11.7 Å². The monoisotopic (exact) mass is 438 g/mol. The third kappa shape index (κ3) is 3.81. The number of aromatic nitrogens is 1. The molecular weight excluding hydrogens is 415 g/mol. The van der Waals surface area contributed by atoms with Crippen LogP contribution in [0.1, 0.15) is 35.9 Å². The van der Waals surface area contributed by atoms with E-state index in [1.54, 1.807) is 17.4 Å². The summed E-state index contributed by atoms with van der Waals surface area (Å²) >= 11 is 1.71. The van der Waals surface area contributed by atoms with Crippen LogP contribution in [0.2, 0.25) is 0 Å². The Bertz CT molecular complexity index is 1120. The van der Waals surface area contributed by atoms with E-state index in [1.807, 2.05) is 23.1 Å². The number of hydrogen-bond donors (Lipinski definition) is 1. The first-order valence-corrected chi connectivity index (χ1v) is 11.3. The Morgan fingerprint density at radius 1 is 1.19 bits per heavy atom. The van der Waals surface area contributed by atoms with Gasteiger partial charge in [0.1, 0.15) is 10.8 Å². The van der Waals surface area contributed by atoms with Gasteiger partial charge in [-0.05, 0) is 36.8 Å². The number of para-hydroxylation sites is 1. The molecule has 1 aromatic heterocycles. The molecule has 1 fully saturated rings. The smallest absolute Gasteiger partial charge is 0.230 e. The number of carbonyl (C=O) groups is 2. The van der Waals surface area contributed by atoms with Crippen LogP contribution in [0.25, 0.3) is 10.2 Å². The van der Waals surface area contributed by atoms with Crippen LogP contribution in [0, 0.1) is 5.82 Å². The fraction of sp³-hybridized carbons (Fsp3) is 0.348. The first kappa shape index (κ1) is 20.1. The number of rotatable bonds is 3. The molecule has 1 N–H and O–H groups in total. The molecule has 0 saturated carbocycles. The summed E-state index contributed by atoms with van der Waals surface area (Å²) < 4.78 is 14.8. The van der Waals surface area contributed by atoms with Gasteiger partial charge in [-0.15, -0.1) is 11.3 Å². The van der Waals surface area contributed by atoms with E-state index >= 15 is 0 Å². The molecule has 160 valence electrons. The van der Waals surface area contributed by atoms with Crippen molar-refractivity contribution in [2.75, 3.05) is 31.5 Å². The van der Waals surface area contributed by atoms with Crippen LogP contribution >= 0.6 is 11.3 Å². The number of nitrogens with one attached hydrogen (secondary N) is 1. The van der Waals surface area contributed by atoms with Gasteiger partial charge in [0.15, 0.2) is 0 Å². The van der Waals surface area contributed by atoms with Gasteiger partial charge in [0, 0.05) is 38.3 Å². The Labute approximate surface area is 183 Å². The molecule has 5 rings (SSSR count). The zero-order valence-electron chi connectivity index (χ0n) is 17.2. The molecule has 31 heavy (non-hydrogen) atoms. The zero-order valence-corrected chi connectivity index (χ0v) is 18.0. The molecule has 0 spiro atoms. The highest BCUT2D eigenvalue weighted by Crippen LogP contribution is 2.35. The highest BCUT2D eigenvalue weighted by atomic mass is 32.1. The van der Waals surface area contributed by atoms with E-state index in [0.29, 0.717) is 24.3 Å². The molecule has 1 saturated heterocycles. The van der Waals surface area contributed by atoms with Gasteiger partial charge < -0.3 is 10.2 Å². The summed E-state index contributed by atoms with van der Waals surface area (Å²) in [5.41, 5.74) is 2.11. The standard InChI is InChI=1S/C23H23FN4O2S/c1-14(22-26-18-4-2-3-5-20(18)31-22)27-8-10-28(11-9-27)23(30)17-13-21(29)25-19-12-15(24)6-7-16(17)19/h2-7,12,14,17H,8-11,13H2,1H3,(H,25,29)/t14-,17+/m1/s1. The molecule has 0 aliphatic carbocycles. The number of hydrogen-bond acceptors (Lipinski definition) is 5. The molecule has 0 bridgehead atoms. The molecule has 0 radical (unpaired) electrons. The summed E-state index contributed by atoms with van der Waals surface area (Å²) in [6.07, 6.45) is 0.0970. The van der Waals surface area contributed by atoms with E-state index in [2.05, 4.69) is 23.2 Å².